The normalized spacial score (nSPS) is 16.6. The van der Waals surface area contributed by atoms with Gasteiger partial charge in [-0.25, -0.2) is 4.79 Å². The van der Waals surface area contributed by atoms with E-state index < -0.39 is 0 Å². The molecule has 1 aromatic rings. The van der Waals surface area contributed by atoms with Crippen LogP contribution in [0.2, 0.25) is 0 Å². The Morgan fingerprint density at radius 3 is 2.47 bits per heavy atom. The number of amides is 2. The average Bonchev–Trinajstić information content (AvgIpc) is 2.96. The van der Waals surface area contributed by atoms with Gasteiger partial charge < -0.3 is 26.8 Å². The lowest BCUT2D eigenvalue weighted by Gasteiger charge is -2.38. The van der Waals surface area contributed by atoms with Crippen LogP contribution in [-0.2, 0) is 22.5 Å². The molecule has 162 valence electrons. The molecule has 0 spiro atoms. The van der Waals surface area contributed by atoms with E-state index in [2.05, 4.69) is 15.5 Å². The zero-order chi connectivity index (χ0) is 21.7. The van der Waals surface area contributed by atoms with Crippen molar-refractivity contribution in [3.63, 3.8) is 0 Å². The van der Waals surface area contributed by atoms with Crippen molar-refractivity contribution in [2.75, 3.05) is 33.3 Å². The summed E-state index contributed by atoms with van der Waals surface area (Å²) in [7, 11) is 1.39. The summed E-state index contributed by atoms with van der Waals surface area (Å²) >= 11 is 0. The van der Waals surface area contributed by atoms with Crippen molar-refractivity contribution in [1.29, 1.82) is 5.41 Å². The number of nitrogens with zero attached hydrogens (tertiary/aromatic N) is 2. The molecule has 0 atom stereocenters. The number of esters is 1. The first-order valence-electron chi connectivity index (χ1n) is 9.91. The molecule has 30 heavy (non-hydrogen) atoms. The SMILES string of the molecule is COC(=O)Cc1ccc(CN(CCCN2C(=N)C(=C(N)N)NC2=O)C2CNC2)cc1. The minimum atomic E-state index is -0.374. The number of hydrogen-bond acceptors (Lipinski definition) is 8. The van der Waals surface area contributed by atoms with Crippen molar-refractivity contribution in [3.8, 4) is 0 Å². The van der Waals surface area contributed by atoms with Crippen molar-refractivity contribution in [1.82, 2.24) is 20.4 Å². The van der Waals surface area contributed by atoms with Gasteiger partial charge in [0.2, 0.25) is 0 Å². The predicted octanol–water partition coefficient (Wildman–Crippen LogP) is -0.345. The molecule has 2 fully saturated rings. The fourth-order valence-electron chi connectivity index (χ4n) is 3.48. The van der Waals surface area contributed by atoms with Gasteiger partial charge in [0.1, 0.15) is 11.5 Å². The Balaban J connectivity index is 1.55. The maximum absolute atomic E-state index is 12.1. The highest BCUT2D eigenvalue weighted by Crippen LogP contribution is 2.15. The number of rotatable bonds is 9. The summed E-state index contributed by atoms with van der Waals surface area (Å²) in [6.45, 7) is 3.82. The van der Waals surface area contributed by atoms with Gasteiger partial charge >= 0.3 is 12.0 Å². The number of benzene rings is 1. The monoisotopic (exact) mass is 415 g/mol. The number of methoxy groups -OCH3 is 1. The van der Waals surface area contributed by atoms with Crippen molar-refractivity contribution in [2.45, 2.75) is 25.4 Å². The van der Waals surface area contributed by atoms with Crippen molar-refractivity contribution in [2.24, 2.45) is 11.5 Å². The van der Waals surface area contributed by atoms with Gasteiger partial charge in [0.05, 0.1) is 13.5 Å². The van der Waals surface area contributed by atoms with Crippen LogP contribution < -0.4 is 22.1 Å². The van der Waals surface area contributed by atoms with Gasteiger partial charge in [0, 0.05) is 38.8 Å². The van der Waals surface area contributed by atoms with Crippen molar-refractivity contribution < 1.29 is 14.3 Å². The molecule has 0 bridgehead atoms. The highest BCUT2D eigenvalue weighted by atomic mass is 16.5. The Labute approximate surface area is 175 Å². The fraction of sp³-hybridized carbons (Fsp3) is 0.450. The van der Waals surface area contributed by atoms with Crippen LogP contribution in [0, 0.1) is 5.41 Å². The highest BCUT2D eigenvalue weighted by molar-refractivity contribution is 6.13. The van der Waals surface area contributed by atoms with E-state index in [1.54, 1.807) is 0 Å². The van der Waals surface area contributed by atoms with Crippen LogP contribution in [0.5, 0.6) is 0 Å². The Morgan fingerprint density at radius 2 is 1.93 bits per heavy atom. The van der Waals surface area contributed by atoms with Crippen LogP contribution in [0.3, 0.4) is 0 Å². The summed E-state index contributed by atoms with van der Waals surface area (Å²) in [4.78, 5) is 27.2. The second-order valence-corrected chi connectivity index (χ2v) is 7.47. The van der Waals surface area contributed by atoms with E-state index in [1.807, 2.05) is 24.3 Å². The number of hydrogen-bond donors (Lipinski definition) is 5. The molecule has 2 saturated heterocycles. The maximum Gasteiger partial charge on any atom is 0.327 e. The first kappa shape index (κ1) is 21.6. The summed E-state index contributed by atoms with van der Waals surface area (Å²) in [5.41, 5.74) is 13.3. The lowest BCUT2D eigenvalue weighted by Crippen LogP contribution is -2.57. The van der Waals surface area contributed by atoms with Gasteiger partial charge in [-0.15, -0.1) is 0 Å². The Kier molecular flexibility index (Phi) is 6.91. The van der Waals surface area contributed by atoms with Crippen LogP contribution in [-0.4, -0.2) is 67.0 Å². The van der Waals surface area contributed by atoms with Gasteiger partial charge in [0.15, 0.2) is 5.84 Å². The summed E-state index contributed by atoms with van der Waals surface area (Å²) in [6, 6.07) is 8.02. The third kappa shape index (κ3) is 5.08. The van der Waals surface area contributed by atoms with Gasteiger partial charge in [-0.05, 0) is 17.5 Å². The number of nitrogens with one attached hydrogen (secondary N) is 3. The molecule has 0 unspecified atom stereocenters. The molecule has 2 aliphatic heterocycles. The molecule has 10 nitrogen and oxygen atoms in total. The molecule has 2 amide bonds. The van der Waals surface area contributed by atoms with E-state index in [0.717, 1.165) is 37.3 Å². The molecule has 10 heteroatoms. The Bertz CT molecular complexity index is 829. The number of carbonyl (C=O) groups excluding carboxylic acids is 2. The van der Waals surface area contributed by atoms with E-state index in [0.29, 0.717) is 19.0 Å². The van der Waals surface area contributed by atoms with Crippen LogP contribution >= 0.6 is 0 Å². The van der Waals surface area contributed by atoms with Gasteiger partial charge in [-0.3, -0.25) is 20.0 Å². The summed E-state index contributed by atoms with van der Waals surface area (Å²) < 4.78 is 4.71. The van der Waals surface area contributed by atoms with Crippen LogP contribution in [0.15, 0.2) is 35.8 Å². The Hall–Kier alpha value is -3.11. The van der Waals surface area contributed by atoms with Gasteiger partial charge in [0.25, 0.3) is 0 Å². The molecule has 1 aromatic carbocycles. The van der Waals surface area contributed by atoms with Crippen LogP contribution in [0.4, 0.5) is 4.79 Å². The standard InChI is InChI=1S/C20H29N7O3/c1-30-16(28)9-13-3-5-14(6-4-13)12-26(15-10-24-11-15)7-2-8-27-19(23)17(18(21)22)25-20(27)29/h3-6,15,23-24H,2,7-12,21-22H2,1H3,(H,25,29). The third-order valence-corrected chi connectivity index (χ3v) is 5.36. The molecule has 0 aliphatic carbocycles. The highest BCUT2D eigenvalue weighted by Gasteiger charge is 2.32. The summed E-state index contributed by atoms with van der Waals surface area (Å²) in [5, 5.41) is 13.9. The lowest BCUT2D eigenvalue weighted by atomic mass is 10.1. The number of nitrogens with two attached hydrogens (primary N) is 2. The fourth-order valence-corrected chi connectivity index (χ4v) is 3.48. The first-order valence-corrected chi connectivity index (χ1v) is 9.91. The minimum absolute atomic E-state index is 0.0121. The van der Waals surface area contributed by atoms with Crippen molar-refractivity contribution in [3.05, 3.63) is 46.9 Å². The molecule has 2 heterocycles. The minimum Gasteiger partial charge on any atom is -0.469 e. The topological polar surface area (TPSA) is 150 Å². The second kappa shape index (κ2) is 9.59. The largest absolute Gasteiger partial charge is 0.469 e. The molecule has 0 radical (unpaired) electrons. The van der Waals surface area contributed by atoms with E-state index in [4.69, 9.17) is 21.6 Å². The zero-order valence-electron chi connectivity index (χ0n) is 17.1. The van der Waals surface area contributed by atoms with E-state index in [1.165, 1.54) is 12.0 Å². The predicted molar refractivity (Wildman–Crippen MR) is 112 cm³/mol. The second-order valence-electron chi connectivity index (χ2n) is 7.47. The summed E-state index contributed by atoms with van der Waals surface area (Å²) in [5.74, 6) is -0.303. The number of ether oxygens (including phenoxy) is 1. The van der Waals surface area contributed by atoms with E-state index in [-0.39, 0.29) is 35.8 Å². The third-order valence-electron chi connectivity index (χ3n) is 5.36. The molecular weight excluding hydrogens is 386 g/mol. The molecular formula is C20H29N7O3. The first-order chi connectivity index (χ1) is 14.4. The lowest BCUT2D eigenvalue weighted by molar-refractivity contribution is -0.139. The molecule has 2 aliphatic rings. The van der Waals surface area contributed by atoms with E-state index in [9.17, 15) is 9.59 Å². The van der Waals surface area contributed by atoms with Crippen LogP contribution in [0.25, 0.3) is 0 Å². The van der Waals surface area contributed by atoms with E-state index >= 15 is 0 Å². The Morgan fingerprint density at radius 1 is 1.27 bits per heavy atom. The zero-order valence-corrected chi connectivity index (χ0v) is 17.1. The average molecular weight is 415 g/mol. The molecule has 3 rings (SSSR count). The number of amidine groups is 1. The smallest absolute Gasteiger partial charge is 0.327 e. The number of urea groups is 1. The van der Waals surface area contributed by atoms with Gasteiger partial charge in [-0.1, -0.05) is 24.3 Å². The molecule has 7 N–H and O–H groups in total. The quantitative estimate of drug-likeness (QED) is 0.346. The number of carbonyl (C=O) groups is 2. The maximum atomic E-state index is 12.1. The summed E-state index contributed by atoms with van der Waals surface area (Å²) in [6.07, 6.45) is 0.977. The van der Waals surface area contributed by atoms with Crippen molar-refractivity contribution >= 4 is 17.8 Å². The van der Waals surface area contributed by atoms with Crippen LogP contribution in [0.1, 0.15) is 17.5 Å². The van der Waals surface area contributed by atoms with Gasteiger partial charge in [-0.2, -0.15) is 0 Å². The molecule has 0 aromatic heterocycles. The molecule has 0 saturated carbocycles.